The number of imide groups is 1. The van der Waals surface area contributed by atoms with Crippen LogP contribution in [0.5, 0.6) is 0 Å². The monoisotopic (exact) mass is 384 g/mol. The van der Waals surface area contributed by atoms with Crippen molar-refractivity contribution in [3.8, 4) is 0 Å². The highest BCUT2D eigenvalue weighted by Crippen LogP contribution is 2.32. The first kappa shape index (κ1) is 17.5. The number of para-hydroxylation sites is 1. The summed E-state index contributed by atoms with van der Waals surface area (Å²) in [5, 5.41) is -0.112. The highest BCUT2D eigenvalue weighted by Gasteiger charge is 2.37. The molecule has 7 nitrogen and oxygen atoms in total. The number of fused-ring (bicyclic) bond motifs is 1. The zero-order chi connectivity index (χ0) is 19.0. The summed E-state index contributed by atoms with van der Waals surface area (Å²) in [6.07, 6.45) is 4.49. The second-order valence-corrected chi connectivity index (χ2v) is 7.37. The number of benzene rings is 1. The Morgan fingerprint density at radius 3 is 2.67 bits per heavy atom. The lowest BCUT2D eigenvalue weighted by molar-refractivity contribution is -0.135. The highest BCUT2D eigenvalue weighted by molar-refractivity contribution is 8.18. The van der Waals surface area contributed by atoms with Crippen molar-refractivity contribution in [2.24, 2.45) is 0 Å². The average molecular weight is 384 g/mol. The summed E-state index contributed by atoms with van der Waals surface area (Å²) in [7, 11) is 0. The molecule has 2 aliphatic heterocycles. The first-order chi connectivity index (χ1) is 13.0. The van der Waals surface area contributed by atoms with Gasteiger partial charge in [-0.3, -0.25) is 24.1 Å². The Bertz CT molecular complexity index is 1040. The van der Waals surface area contributed by atoms with Gasteiger partial charge in [-0.15, -0.1) is 0 Å². The van der Waals surface area contributed by atoms with Gasteiger partial charge in [0.05, 0.1) is 15.9 Å². The third-order valence-electron chi connectivity index (χ3n) is 4.62. The summed E-state index contributed by atoms with van der Waals surface area (Å²) in [6.45, 7) is 1.04. The topological polar surface area (TPSA) is 87.9 Å². The third-order valence-corrected chi connectivity index (χ3v) is 5.53. The molecule has 0 atom stereocenters. The van der Waals surface area contributed by atoms with Crippen molar-refractivity contribution >= 4 is 45.9 Å². The van der Waals surface area contributed by atoms with E-state index in [2.05, 4.69) is 0 Å². The SMILES string of the molecule is O=C(CN1C(=O)S/C(=C/c2coc3ccccc3c2=O)C1=O)N1CCCC1. The van der Waals surface area contributed by atoms with Crippen molar-refractivity contribution in [1.82, 2.24) is 9.80 Å². The Morgan fingerprint density at radius 2 is 1.89 bits per heavy atom. The maximum atomic E-state index is 12.6. The van der Waals surface area contributed by atoms with Crippen molar-refractivity contribution in [1.29, 1.82) is 0 Å². The van der Waals surface area contributed by atoms with Gasteiger partial charge in [-0.05, 0) is 42.8 Å². The molecule has 0 aliphatic carbocycles. The summed E-state index contributed by atoms with van der Waals surface area (Å²) < 4.78 is 5.43. The van der Waals surface area contributed by atoms with Crippen LogP contribution in [0.25, 0.3) is 17.0 Å². The number of likely N-dealkylation sites (tertiary alicyclic amines) is 1. The fourth-order valence-corrected chi connectivity index (χ4v) is 4.00. The lowest BCUT2D eigenvalue weighted by atomic mass is 10.1. The quantitative estimate of drug-likeness (QED) is 0.756. The van der Waals surface area contributed by atoms with E-state index in [1.807, 2.05) is 0 Å². The van der Waals surface area contributed by atoms with Gasteiger partial charge in [0.2, 0.25) is 5.91 Å². The molecular weight excluding hydrogens is 368 g/mol. The Balaban J connectivity index is 1.59. The van der Waals surface area contributed by atoms with Crippen LogP contribution in [0.15, 0.2) is 44.6 Å². The molecule has 0 N–H and O–H groups in total. The van der Waals surface area contributed by atoms with Crippen molar-refractivity contribution in [2.75, 3.05) is 19.6 Å². The van der Waals surface area contributed by atoms with E-state index in [9.17, 15) is 19.2 Å². The smallest absolute Gasteiger partial charge is 0.294 e. The molecule has 4 rings (SSSR count). The molecular formula is C19H16N2O5S. The molecule has 0 unspecified atom stereocenters. The van der Waals surface area contributed by atoms with Gasteiger partial charge in [0, 0.05) is 13.1 Å². The van der Waals surface area contributed by atoms with E-state index in [0.29, 0.717) is 24.1 Å². The minimum atomic E-state index is -0.565. The van der Waals surface area contributed by atoms with Crippen LogP contribution in [0.4, 0.5) is 4.79 Å². The number of carbonyl (C=O) groups excluding carboxylic acids is 3. The van der Waals surface area contributed by atoms with Crippen molar-refractivity contribution in [3.05, 3.63) is 51.2 Å². The van der Waals surface area contributed by atoms with Gasteiger partial charge >= 0.3 is 0 Å². The van der Waals surface area contributed by atoms with Crippen molar-refractivity contribution < 1.29 is 18.8 Å². The van der Waals surface area contributed by atoms with E-state index >= 15 is 0 Å². The standard InChI is InChI=1S/C19H16N2O5S/c22-16(20-7-3-4-8-20)10-21-18(24)15(27-19(21)25)9-12-11-26-14-6-2-1-5-13(14)17(12)23/h1-2,5-6,9,11H,3-4,7-8,10H2/b15-9+. The van der Waals surface area contributed by atoms with Gasteiger partial charge in [-0.2, -0.15) is 0 Å². The summed E-state index contributed by atoms with van der Waals surface area (Å²) in [4.78, 5) is 52.2. The van der Waals surface area contributed by atoms with Crippen LogP contribution in [0.1, 0.15) is 18.4 Å². The molecule has 8 heteroatoms. The van der Waals surface area contributed by atoms with E-state index in [1.54, 1.807) is 29.2 Å². The van der Waals surface area contributed by atoms with Crippen LogP contribution in [0.3, 0.4) is 0 Å². The van der Waals surface area contributed by atoms with E-state index in [-0.39, 0.29) is 28.3 Å². The summed E-state index contributed by atoms with van der Waals surface area (Å²) in [6, 6.07) is 6.80. The van der Waals surface area contributed by atoms with E-state index in [0.717, 1.165) is 29.5 Å². The Hall–Kier alpha value is -2.87. The summed E-state index contributed by atoms with van der Waals surface area (Å²) >= 11 is 0.722. The molecule has 0 spiro atoms. The number of thioether (sulfide) groups is 1. The van der Waals surface area contributed by atoms with E-state index in [1.165, 1.54) is 12.3 Å². The number of amides is 3. The van der Waals surface area contributed by atoms with Gasteiger partial charge in [-0.25, -0.2) is 0 Å². The van der Waals surface area contributed by atoms with Crippen molar-refractivity contribution in [2.45, 2.75) is 12.8 Å². The fraction of sp³-hybridized carbons (Fsp3) is 0.263. The molecule has 0 bridgehead atoms. The van der Waals surface area contributed by atoms with Crippen LogP contribution in [-0.2, 0) is 9.59 Å². The molecule has 2 aliphatic rings. The van der Waals surface area contributed by atoms with E-state index in [4.69, 9.17) is 4.42 Å². The lowest BCUT2D eigenvalue weighted by Crippen LogP contribution is -2.40. The second kappa shape index (κ2) is 7.03. The maximum Gasteiger partial charge on any atom is 0.294 e. The van der Waals surface area contributed by atoms with Crippen molar-refractivity contribution in [3.63, 3.8) is 0 Å². The minimum absolute atomic E-state index is 0.108. The predicted octanol–water partition coefficient (Wildman–Crippen LogP) is 2.45. The van der Waals surface area contributed by atoms with E-state index < -0.39 is 11.1 Å². The number of carbonyl (C=O) groups is 3. The van der Waals surface area contributed by atoms with Gasteiger partial charge in [-0.1, -0.05) is 12.1 Å². The number of rotatable bonds is 3. The zero-order valence-corrected chi connectivity index (χ0v) is 15.2. The molecule has 1 aromatic heterocycles. The fourth-order valence-electron chi connectivity index (χ4n) is 3.17. The Morgan fingerprint density at radius 1 is 1.15 bits per heavy atom. The lowest BCUT2D eigenvalue weighted by Gasteiger charge is -2.18. The Kier molecular flexibility index (Phi) is 4.57. The summed E-state index contributed by atoms with van der Waals surface area (Å²) in [5.41, 5.74) is 0.353. The van der Waals surface area contributed by atoms with Crippen LogP contribution in [-0.4, -0.2) is 46.5 Å². The molecule has 27 heavy (non-hydrogen) atoms. The number of nitrogens with zero attached hydrogens (tertiary/aromatic N) is 2. The molecule has 3 heterocycles. The largest absolute Gasteiger partial charge is 0.463 e. The molecule has 2 aromatic rings. The van der Waals surface area contributed by atoms with Gasteiger partial charge in [0.25, 0.3) is 11.1 Å². The number of hydrogen-bond donors (Lipinski definition) is 0. The molecule has 1 aromatic carbocycles. The zero-order valence-electron chi connectivity index (χ0n) is 14.3. The predicted molar refractivity (Wildman–Crippen MR) is 101 cm³/mol. The Labute approximate surface area is 158 Å². The summed E-state index contributed by atoms with van der Waals surface area (Å²) in [5.74, 6) is -0.800. The molecule has 138 valence electrons. The molecule has 0 radical (unpaired) electrons. The first-order valence-electron chi connectivity index (χ1n) is 8.58. The minimum Gasteiger partial charge on any atom is -0.463 e. The van der Waals surface area contributed by atoms with Gasteiger partial charge < -0.3 is 9.32 Å². The van der Waals surface area contributed by atoms with Crippen LogP contribution in [0.2, 0.25) is 0 Å². The average Bonchev–Trinajstić information content (AvgIpc) is 3.29. The van der Waals surface area contributed by atoms with Crippen LogP contribution < -0.4 is 5.43 Å². The van der Waals surface area contributed by atoms with Gasteiger partial charge in [0.1, 0.15) is 18.4 Å². The first-order valence-corrected chi connectivity index (χ1v) is 9.40. The van der Waals surface area contributed by atoms with Crippen LogP contribution in [0, 0.1) is 0 Å². The highest BCUT2D eigenvalue weighted by atomic mass is 32.2. The maximum absolute atomic E-state index is 12.6. The molecule has 0 saturated carbocycles. The second-order valence-electron chi connectivity index (χ2n) is 6.37. The number of hydrogen-bond acceptors (Lipinski definition) is 6. The normalized spacial score (nSPS) is 18.9. The van der Waals surface area contributed by atoms with Gasteiger partial charge in [0.15, 0.2) is 5.43 Å². The molecule has 3 amide bonds. The molecule has 2 fully saturated rings. The third kappa shape index (κ3) is 3.28. The van der Waals surface area contributed by atoms with Crippen LogP contribution >= 0.6 is 11.8 Å². The molecule has 2 saturated heterocycles.